The van der Waals surface area contributed by atoms with Gasteiger partial charge >= 0.3 is 4.87 Å². The van der Waals surface area contributed by atoms with Crippen molar-refractivity contribution in [2.24, 2.45) is 29.6 Å². The van der Waals surface area contributed by atoms with E-state index in [1.54, 1.807) is 17.8 Å². The first-order valence-electron chi connectivity index (χ1n) is 16.8. The van der Waals surface area contributed by atoms with E-state index in [1.807, 2.05) is 54.6 Å². The molecule has 12 nitrogen and oxygen atoms in total. The molecule has 14 heteroatoms. The molecule has 6 unspecified atom stereocenters. The van der Waals surface area contributed by atoms with Crippen molar-refractivity contribution in [1.29, 1.82) is 0 Å². The maximum atomic E-state index is 14.1. The van der Waals surface area contributed by atoms with Gasteiger partial charge in [0.05, 0.1) is 34.6 Å². The number of nitro groups is 1. The number of nitro benzene ring substituents is 1. The first-order valence-corrected chi connectivity index (χ1v) is 18.5. The number of thioether (sulfide) groups is 1. The van der Waals surface area contributed by atoms with Crippen LogP contribution in [0, 0.1) is 39.7 Å². The Morgan fingerprint density at radius 1 is 0.962 bits per heavy atom. The second-order valence-corrected chi connectivity index (χ2v) is 15.7. The standard InChI is InChI=1S/C38H30N4O8S2/c1-49-27-15-19(9-14-26(27)50-17-28(43)39-25-8-4-6-18-5-2-3-7-22(18)25)29-30-23-16-24(33(30)51-35-34(29)52-38(46)40-35)32-31(23)36(44)41(37(32)45)20-10-12-21(13-11-20)42(47)48/h2-15,23-24,29-33H,16-17H2,1H3,(H,39,43)(H,40,46)/t23?,24?,29-,30?,31?,32?,33?/m1/s1. The zero-order valence-electron chi connectivity index (χ0n) is 27.5. The first-order chi connectivity index (χ1) is 25.2. The number of carbonyl (C=O) groups is 3. The van der Waals surface area contributed by atoms with Crippen LogP contribution in [0.3, 0.4) is 0 Å². The number of imide groups is 1. The molecule has 3 fully saturated rings. The molecule has 5 aromatic rings. The molecule has 4 aromatic carbocycles. The zero-order chi connectivity index (χ0) is 35.8. The lowest BCUT2D eigenvalue weighted by Gasteiger charge is -2.43. The van der Waals surface area contributed by atoms with Gasteiger partial charge in [0.15, 0.2) is 18.1 Å². The van der Waals surface area contributed by atoms with Crippen LogP contribution in [0.2, 0.25) is 0 Å². The third-order valence-electron chi connectivity index (χ3n) is 11.0. The maximum absolute atomic E-state index is 14.1. The van der Waals surface area contributed by atoms with Crippen LogP contribution >= 0.6 is 23.1 Å². The number of aromatic nitrogens is 1. The Balaban J connectivity index is 0.994. The lowest BCUT2D eigenvalue weighted by molar-refractivity contribution is -0.384. The van der Waals surface area contributed by atoms with Gasteiger partial charge in [0, 0.05) is 39.3 Å². The van der Waals surface area contributed by atoms with Gasteiger partial charge in [-0.05, 0) is 65.5 Å². The van der Waals surface area contributed by atoms with E-state index in [0.717, 1.165) is 37.6 Å². The van der Waals surface area contributed by atoms with Crippen molar-refractivity contribution in [2.75, 3.05) is 23.9 Å². The summed E-state index contributed by atoms with van der Waals surface area (Å²) in [6.07, 6.45) is 0.711. The number of non-ortho nitro benzene ring substituents is 1. The summed E-state index contributed by atoms with van der Waals surface area (Å²) < 4.78 is 11.7. The fourth-order valence-corrected chi connectivity index (χ4v) is 11.9. The van der Waals surface area contributed by atoms with Crippen LogP contribution in [0.25, 0.3) is 10.8 Å². The van der Waals surface area contributed by atoms with E-state index in [9.17, 15) is 29.3 Å². The van der Waals surface area contributed by atoms with Crippen LogP contribution in [-0.2, 0) is 14.4 Å². The molecular weight excluding hydrogens is 705 g/mol. The van der Waals surface area contributed by atoms with Gasteiger partial charge in [-0.2, -0.15) is 0 Å². The van der Waals surface area contributed by atoms with E-state index in [-0.39, 0.29) is 63.8 Å². The Labute approximate surface area is 304 Å². The Kier molecular flexibility index (Phi) is 7.70. The molecule has 2 bridgehead atoms. The summed E-state index contributed by atoms with van der Waals surface area (Å²) >= 11 is 2.74. The third kappa shape index (κ3) is 5.03. The van der Waals surface area contributed by atoms with Crippen LogP contribution in [0.5, 0.6) is 11.5 Å². The number of hydrogen-bond donors (Lipinski definition) is 2. The number of nitrogens with one attached hydrogen (secondary N) is 2. The van der Waals surface area contributed by atoms with E-state index in [4.69, 9.17) is 9.47 Å². The van der Waals surface area contributed by atoms with Gasteiger partial charge in [0.1, 0.15) is 0 Å². The number of ether oxygens (including phenoxy) is 2. The molecular formula is C38H30N4O8S2. The van der Waals surface area contributed by atoms with Crippen LogP contribution in [0.15, 0.2) is 94.7 Å². The van der Waals surface area contributed by atoms with Crippen molar-refractivity contribution >= 4 is 68.7 Å². The van der Waals surface area contributed by atoms with Crippen molar-refractivity contribution in [2.45, 2.75) is 22.6 Å². The number of H-pyrrole nitrogens is 1. The number of carbonyl (C=O) groups excluding carboxylic acids is 3. The molecule has 2 aliphatic heterocycles. The molecule has 2 aliphatic carbocycles. The molecule has 1 saturated heterocycles. The molecule has 0 radical (unpaired) electrons. The van der Waals surface area contributed by atoms with E-state index in [2.05, 4.69) is 10.3 Å². The van der Waals surface area contributed by atoms with Crippen molar-refractivity contribution in [3.05, 3.63) is 115 Å². The highest BCUT2D eigenvalue weighted by Gasteiger charge is 2.69. The second-order valence-electron chi connectivity index (χ2n) is 13.5. The Morgan fingerprint density at radius 3 is 2.48 bits per heavy atom. The second kappa shape index (κ2) is 12.3. The molecule has 2 saturated carbocycles. The van der Waals surface area contributed by atoms with Gasteiger partial charge < -0.3 is 19.8 Å². The van der Waals surface area contributed by atoms with Crippen molar-refractivity contribution in [3.63, 3.8) is 0 Å². The highest BCUT2D eigenvalue weighted by Crippen LogP contribution is 2.68. The largest absolute Gasteiger partial charge is 0.493 e. The van der Waals surface area contributed by atoms with E-state index < -0.39 is 16.8 Å². The zero-order valence-corrected chi connectivity index (χ0v) is 29.1. The molecule has 262 valence electrons. The SMILES string of the molecule is COc1cc([C@H]2c3sc(=O)[nH]c3SC3C4CC(C5C(=O)N(c6ccc([N+](=O)[O-])cc6)C(=O)C45)C32)ccc1OCC(=O)Nc1cccc2ccccc12. The summed E-state index contributed by atoms with van der Waals surface area (Å²) in [4.78, 5) is 69.3. The topological polar surface area (TPSA) is 161 Å². The average molecular weight is 735 g/mol. The maximum Gasteiger partial charge on any atom is 0.305 e. The number of amides is 3. The fraction of sp³-hybridized carbons (Fsp3) is 0.263. The molecule has 52 heavy (non-hydrogen) atoms. The predicted molar refractivity (Wildman–Crippen MR) is 195 cm³/mol. The summed E-state index contributed by atoms with van der Waals surface area (Å²) in [7, 11) is 1.53. The number of thiazole rings is 1. The molecule has 9 rings (SSSR count). The molecule has 4 aliphatic rings. The number of anilines is 2. The van der Waals surface area contributed by atoms with E-state index in [0.29, 0.717) is 29.3 Å². The van der Waals surface area contributed by atoms with Crippen LogP contribution < -0.4 is 24.6 Å². The smallest absolute Gasteiger partial charge is 0.305 e. The quantitative estimate of drug-likeness (QED) is 0.107. The lowest BCUT2D eigenvalue weighted by Crippen LogP contribution is -2.42. The summed E-state index contributed by atoms with van der Waals surface area (Å²) in [6, 6.07) is 24.5. The van der Waals surface area contributed by atoms with Gasteiger partial charge in [-0.25, -0.2) is 0 Å². The molecule has 0 spiro atoms. The summed E-state index contributed by atoms with van der Waals surface area (Å²) in [6.45, 7) is -0.249. The predicted octanol–water partition coefficient (Wildman–Crippen LogP) is 6.20. The number of hydrogen-bond acceptors (Lipinski definition) is 10. The summed E-state index contributed by atoms with van der Waals surface area (Å²) in [5.74, 6) is -1.63. The Hall–Kier alpha value is -5.47. The number of benzene rings is 4. The number of aromatic amines is 1. The summed E-state index contributed by atoms with van der Waals surface area (Å²) in [5.41, 5.74) is 1.77. The number of methoxy groups -OCH3 is 1. The molecule has 2 N–H and O–H groups in total. The normalized spacial score (nSPS) is 25.5. The highest BCUT2D eigenvalue weighted by molar-refractivity contribution is 8.00. The fourth-order valence-electron chi connectivity index (χ4n) is 9.03. The molecule has 7 atom stereocenters. The van der Waals surface area contributed by atoms with Gasteiger partial charge in [0.25, 0.3) is 11.6 Å². The number of nitrogens with zero attached hydrogens (tertiary/aromatic N) is 2. The van der Waals surface area contributed by atoms with Gasteiger partial charge in [-0.1, -0.05) is 53.8 Å². The third-order valence-corrected chi connectivity index (χ3v) is 13.6. The van der Waals surface area contributed by atoms with Crippen LogP contribution in [0.4, 0.5) is 17.1 Å². The van der Waals surface area contributed by atoms with E-state index in [1.165, 1.54) is 36.3 Å². The first kappa shape index (κ1) is 32.4. The van der Waals surface area contributed by atoms with Gasteiger partial charge in [-0.3, -0.25) is 34.2 Å². The van der Waals surface area contributed by atoms with Gasteiger partial charge in [0.2, 0.25) is 11.8 Å². The Morgan fingerprint density at radius 2 is 1.71 bits per heavy atom. The minimum Gasteiger partial charge on any atom is -0.493 e. The monoisotopic (exact) mass is 734 g/mol. The molecule has 3 heterocycles. The Bertz CT molecular complexity index is 2370. The van der Waals surface area contributed by atoms with Crippen LogP contribution in [-0.4, -0.2) is 46.6 Å². The summed E-state index contributed by atoms with van der Waals surface area (Å²) in [5, 5.41) is 16.8. The minimum absolute atomic E-state index is 0.0257. The molecule has 3 amide bonds. The number of fused-ring (bicyclic) bond motifs is 10. The van der Waals surface area contributed by atoms with Crippen molar-refractivity contribution in [1.82, 2.24) is 4.98 Å². The average Bonchev–Trinajstić information content (AvgIpc) is 3.89. The minimum atomic E-state index is -0.529. The van der Waals surface area contributed by atoms with Crippen molar-refractivity contribution < 1.29 is 28.8 Å². The van der Waals surface area contributed by atoms with Crippen LogP contribution in [0.1, 0.15) is 22.8 Å². The van der Waals surface area contributed by atoms with Crippen molar-refractivity contribution in [3.8, 4) is 11.5 Å². The number of rotatable bonds is 8. The lowest BCUT2D eigenvalue weighted by atomic mass is 9.68. The van der Waals surface area contributed by atoms with Gasteiger partial charge in [-0.15, -0.1) is 11.8 Å². The molecule has 1 aromatic heterocycles. The van der Waals surface area contributed by atoms with E-state index >= 15 is 0 Å². The highest BCUT2D eigenvalue weighted by atomic mass is 32.2.